The van der Waals surface area contributed by atoms with Gasteiger partial charge in [-0.25, -0.2) is 0 Å². The van der Waals surface area contributed by atoms with Crippen molar-refractivity contribution in [3.05, 3.63) is 11.1 Å². The van der Waals surface area contributed by atoms with Crippen LogP contribution in [0.4, 0.5) is 0 Å². The fraction of sp³-hybridized carbons (Fsp3) is 0.818. The first-order valence-corrected chi connectivity index (χ1v) is 4.89. The van der Waals surface area contributed by atoms with Crippen LogP contribution in [0.25, 0.3) is 0 Å². The Labute approximate surface area is 70.7 Å². The predicted molar refractivity (Wildman–Crippen MR) is 50.6 cm³/mol. The molecule has 1 aliphatic carbocycles. The van der Waals surface area contributed by atoms with E-state index in [0.717, 1.165) is 5.92 Å². The van der Waals surface area contributed by atoms with Crippen LogP contribution in [0.2, 0.25) is 0 Å². The molecule has 0 radical (unpaired) electrons. The molecule has 0 aliphatic heterocycles. The minimum atomic E-state index is 1.09. The molecule has 0 saturated heterocycles. The second kappa shape index (κ2) is 3.94. The van der Waals surface area contributed by atoms with Gasteiger partial charge in [0.15, 0.2) is 0 Å². The van der Waals surface area contributed by atoms with Crippen molar-refractivity contribution in [2.75, 3.05) is 0 Å². The summed E-state index contributed by atoms with van der Waals surface area (Å²) in [6.45, 7) is 6.80. The second-order valence-corrected chi connectivity index (χ2v) is 3.90. The maximum atomic E-state index is 2.29. The summed E-state index contributed by atoms with van der Waals surface area (Å²) in [4.78, 5) is 0. The largest absolute Gasteiger partial charge is 0.0747 e. The van der Waals surface area contributed by atoms with Crippen LogP contribution in [0, 0.1) is 5.92 Å². The van der Waals surface area contributed by atoms with Crippen LogP contribution in [0.5, 0.6) is 0 Å². The van der Waals surface area contributed by atoms with Crippen LogP contribution in [0.1, 0.15) is 52.9 Å². The van der Waals surface area contributed by atoms with Gasteiger partial charge in [0.1, 0.15) is 0 Å². The lowest BCUT2D eigenvalue weighted by atomic mass is 10.0. The lowest BCUT2D eigenvalue weighted by Gasteiger charge is -2.04. The second-order valence-electron chi connectivity index (χ2n) is 3.90. The molecular formula is C11H20. The van der Waals surface area contributed by atoms with E-state index in [1.807, 2.05) is 0 Å². The van der Waals surface area contributed by atoms with Crippen LogP contribution >= 0.6 is 0 Å². The fourth-order valence-electron chi connectivity index (χ4n) is 1.34. The number of rotatable bonds is 4. The van der Waals surface area contributed by atoms with E-state index in [-0.39, 0.29) is 0 Å². The zero-order chi connectivity index (χ0) is 8.27. The summed E-state index contributed by atoms with van der Waals surface area (Å²) < 4.78 is 0. The molecule has 64 valence electrons. The van der Waals surface area contributed by atoms with Crippen LogP contribution in [-0.4, -0.2) is 0 Å². The van der Waals surface area contributed by atoms with Crippen molar-refractivity contribution in [1.82, 2.24) is 0 Å². The van der Waals surface area contributed by atoms with E-state index >= 15 is 0 Å². The average molecular weight is 152 g/mol. The van der Waals surface area contributed by atoms with Gasteiger partial charge in [-0.3, -0.25) is 0 Å². The molecule has 0 aromatic rings. The summed E-state index contributed by atoms with van der Waals surface area (Å²) in [7, 11) is 0. The monoisotopic (exact) mass is 152 g/mol. The Balaban J connectivity index is 2.22. The Bertz CT molecular complexity index is 149. The summed E-state index contributed by atoms with van der Waals surface area (Å²) in [5.74, 6) is 1.09. The van der Waals surface area contributed by atoms with Crippen molar-refractivity contribution in [2.45, 2.75) is 52.9 Å². The third kappa shape index (κ3) is 3.09. The van der Waals surface area contributed by atoms with Gasteiger partial charge in [0.2, 0.25) is 0 Å². The Morgan fingerprint density at radius 3 is 2.27 bits per heavy atom. The van der Waals surface area contributed by atoms with E-state index in [1.54, 1.807) is 11.1 Å². The summed E-state index contributed by atoms with van der Waals surface area (Å²) in [6.07, 6.45) is 7.03. The smallest absolute Gasteiger partial charge is 0.0318 e. The Kier molecular flexibility index (Phi) is 3.16. The number of hydrogen-bond acceptors (Lipinski definition) is 0. The normalized spacial score (nSPS) is 19.9. The Morgan fingerprint density at radius 2 is 1.82 bits per heavy atom. The highest BCUT2D eigenvalue weighted by atomic mass is 14.3. The molecule has 0 unspecified atom stereocenters. The molecule has 11 heavy (non-hydrogen) atoms. The molecule has 0 heteroatoms. The number of allylic oxidation sites excluding steroid dienone is 2. The highest BCUT2D eigenvalue weighted by Crippen LogP contribution is 2.34. The van der Waals surface area contributed by atoms with Crippen LogP contribution < -0.4 is 0 Å². The molecule has 0 aromatic carbocycles. The fourth-order valence-corrected chi connectivity index (χ4v) is 1.34. The molecule has 0 aromatic heterocycles. The maximum Gasteiger partial charge on any atom is -0.0318 e. The van der Waals surface area contributed by atoms with Gasteiger partial charge in [-0.1, -0.05) is 30.9 Å². The van der Waals surface area contributed by atoms with E-state index in [9.17, 15) is 0 Å². The van der Waals surface area contributed by atoms with Crippen molar-refractivity contribution in [3.63, 3.8) is 0 Å². The molecule has 1 saturated carbocycles. The maximum absolute atomic E-state index is 2.29. The highest BCUT2D eigenvalue weighted by molar-refractivity contribution is 5.09. The molecule has 0 bridgehead atoms. The van der Waals surface area contributed by atoms with Gasteiger partial charge in [0.25, 0.3) is 0 Å². The molecule has 0 amide bonds. The zero-order valence-electron chi connectivity index (χ0n) is 8.11. The van der Waals surface area contributed by atoms with Gasteiger partial charge in [-0.15, -0.1) is 0 Å². The SMILES string of the molecule is CCC(C)=C(C)CCC1CC1. The van der Waals surface area contributed by atoms with Crippen molar-refractivity contribution in [3.8, 4) is 0 Å². The van der Waals surface area contributed by atoms with Crippen LogP contribution in [0.15, 0.2) is 11.1 Å². The summed E-state index contributed by atoms with van der Waals surface area (Å²) in [5, 5.41) is 0. The first-order chi connectivity index (χ1) is 5.24. The molecule has 0 heterocycles. The lowest BCUT2D eigenvalue weighted by molar-refractivity contribution is 0.714. The lowest BCUT2D eigenvalue weighted by Crippen LogP contribution is -1.85. The number of hydrogen-bond donors (Lipinski definition) is 0. The van der Waals surface area contributed by atoms with Gasteiger partial charge in [0.05, 0.1) is 0 Å². The quantitative estimate of drug-likeness (QED) is 0.535. The molecule has 1 rings (SSSR count). The van der Waals surface area contributed by atoms with E-state index in [1.165, 1.54) is 32.1 Å². The average Bonchev–Trinajstić information content (AvgIpc) is 2.81. The third-order valence-electron chi connectivity index (χ3n) is 2.88. The third-order valence-corrected chi connectivity index (χ3v) is 2.88. The zero-order valence-corrected chi connectivity index (χ0v) is 8.11. The standard InChI is InChI=1S/C11H20/c1-4-9(2)10(3)5-6-11-7-8-11/h11H,4-8H2,1-3H3. The van der Waals surface area contributed by atoms with E-state index in [4.69, 9.17) is 0 Å². The summed E-state index contributed by atoms with van der Waals surface area (Å²) in [6, 6.07) is 0. The Hall–Kier alpha value is -0.260. The van der Waals surface area contributed by atoms with Gasteiger partial charge in [-0.2, -0.15) is 0 Å². The van der Waals surface area contributed by atoms with Gasteiger partial charge in [0, 0.05) is 0 Å². The Morgan fingerprint density at radius 1 is 1.18 bits per heavy atom. The summed E-state index contributed by atoms with van der Waals surface area (Å²) in [5.41, 5.74) is 3.24. The van der Waals surface area contributed by atoms with E-state index in [0.29, 0.717) is 0 Å². The van der Waals surface area contributed by atoms with Crippen molar-refractivity contribution in [2.24, 2.45) is 5.92 Å². The molecule has 0 spiro atoms. The van der Waals surface area contributed by atoms with E-state index in [2.05, 4.69) is 20.8 Å². The topological polar surface area (TPSA) is 0 Å². The predicted octanol–water partition coefficient (Wildman–Crippen LogP) is 3.92. The molecular weight excluding hydrogens is 132 g/mol. The first kappa shape index (κ1) is 8.83. The van der Waals surface area contributed by atoms with Crippen molar-refractivity contribution < 1.29 is 0 Å². The van der Waals surface area contributed by atoms with Gasteiger partial charge < -0.3 is 0 Å². The minimum absolute atomic E-state index is 1.09. The minimum Gasteiger partial charge on any atom is -0.0747 e. The van der Waals surface area contributed by atoms with Crippen molar-refractivity contribution >= 4 is 0 Å². The molecule has 0 atom stereocenters. The molecule has 0 N–H and O–H groups in total. The molecule has 0 nitrogen and oxygen atoms in total. The van der Waals surface area contributed by atoms with Crippen LogP contribution in [0.3, 0.4) is 0 Å². The van der Waals surface area contributed by atoms with Crippen molar-refractivity contribution in [1.29, 1.82) is 0 Å². The van der Waals surface area contributed by atoms with Gasteiger partial charge >= 0.3 is 0 Å². The first-order valence-electron chi connectivity index (χ1n) is 4.89. The van der Waals surface area contributed by atoms with E-state index < -0.39 is 0 Å². The molecule has 1 aliphatic rings. The van der Waals surface area contributed by atoms with Gasteiger partial charge in [-0.05, 0) is 39.0 Å². The summed E-state index contributed by atoms with van der Waals surface area (Å²) >= 11 is 0. The molecule has 1 fully saturated rings. The van der Waals surface area contributed by atoms with Crippen LogP contribution in [-0.2, 0) is 0 Å². The highest BCUT2D eigenvalue weighted by Gasteiger charge is 2.20.